The molecule has 1 saturated heterocycles. The smallest absolute Gasteiger partial charge is 0.186 e. The lowest BCUT2D eigenvalue weighted by Crippen LogP contribution is -2.60. The van der Waals surface area contributed by atoms with E-state index in [1.165, 1.54) is 38.5 Å². The summed E-state index contributed by atoms with van der Waals surface area (Å²) in [6, 6.07) is 0. The van der Waals surface area contributed by atoms with E-state index in [-0.39, 0.29) is 17.4 Å². The molecule has 236 valence electrons. The van der Waals surface area contributed by atoms with Gasteiger partial charge in [-0.2, -0.15) is 0 Å². The predicted octanol–water partition coefficient (Wildman–Crippen LogP) is 5.70. The van der Waals surface area contributed by atoms with Crippen molar-refractivity contribution in [2.24, 2.45) is 58.2 Å². The van der Waals surface area contributed by atoms with Crippen molar-refractivity contribution in [3.63, 3.8) is 0 Å². The Labute approximate surface area is 249 Å². The normalized spacial score (nSPS) is 49.6. The van der Waals surface area contributed by atoms with E-state index in [9.17, 15) is 20.4 Å². The Bertz CT molecular complexity index is 934. The molecule has 0 aromatic rings. The molecule has 4 aliphatic carbocycles. The highest BCUT2D eigenvalue weighted by atomic mass is 16.7. The van der Waals surface area contributed by atoms with Gasteiger partial charge in [-0.15, -0.1) is 0 Å². The van der Waals surface area contributed by atoms with Crippen molar-refractivity contribution >= 4 is 0 Å². The average Bonchev–Trinajstić information content (AvgIpc) is 3.30. The average molecular weight is 577 g/mol. The lowest BCUT2D eigenvalue weighted by atomic mass is 9.46. The van der Waals surface area contributed by atoms with Crippen LogP contribution in [0.5, 0.6) is 0 Å². The van der Waals surface area contributed by atoms with E-state index in [0.717, 1.165) is 48.9 Å². The number of hydrogen-bond donors (Lipinski definition) is 4. The van der Waals surface area contributed by atoms with Crippen molar-refractivity contribution < 1.29 is 29.9 Å². The van der Waals surface area contributed by atoms with Crippen LogP contribution in [0.2, 0.25) is 0 Å². The molecule has 0 spiro atoms. The third kappa shape index (κ3) is 5.50. The summed E-state index contributed by atoms with van der Waals surface area (Å²) in [5.74, 6) is 5.36. The summed E-state index contributed by atoms with van der Waals surface area (Å²) in [4.78, 5) is 0. The Hall–Kier alpha value is -0.500. The highest BCUT2D eigenvalue weighted by molar-refractivity contribution is 5.28. The maximum atomic E-state index is 10.6. The zero-order chi connectivity index (χ0) is 29.9. The topological polar surface area (TPSA) is 99.4 Å². The minimum Gasteiger partial charge on any atom is -0.394 e. The Balaban J connectivity index is 1.27. The van der Waals surface area contributed by atoms with Gasteiger partial charge in [0.2, 0.25) is 0 Å². The number of allylic oxidation sites excluding steroid dienone is 2. The lowest BCUT2D eigenvalue weighted by Gasteiger charge is -2.60. The Morgan fingerprint density at radius 2 is 1.59 bits per heavy atom. The maximum Gasteiger partial charge on any atom is 0.186 e. The van der Waals surface area contributed by atoms with Crippen LogP contribution in [0.25, 0.3) is 0 Å². The fraction of sp³-hybridized carbons (Fsp3) is 0.943. The lowest BCUT2D eigenvalue weighted by molar-refractivity contribution is -0.320. The summed E-state index contributed by atoms with van der Waals surface area (Å²) in [5, 5.41) is 40.6. The minimum atomic E-state index is -1.40. The van der Waals surface area contributed by atoms with E-state index in [1.54, 1.807) is 5.57 Å². The molecular weight excluding hydrogens is 516 g/mol. The fourth-order valence-corrected chi connectivity index (χ4v) is 10.5. The predicted molar refractivity (Wildman–Crippen MR) is 161 cm³/mol. The molecule has 15 atom stereocenters. The zero-order valence-electron chi connectivity index (χ0n) is 26.8. The molecule has 0 radical (unpaired) electrons. The SMILES string of the molecule is CC(C)[C@@H](C)CC[C@@H](C)[C@H]1CC[C@H]2C3=CC[C@H]4C(C)C(O[C@@H]5O[C@H](CO)[C@@H](O)[C@H](O)[C@H]5O)CC[C@]4(C)[C@H]3CC[C@]12C. The van der Waals surface area contributed by atoms with E-state index in [0.29, 0.717) is 17.3 Å². The number of ether oxygens (including phenoxy) is 2. The summed E-state index contributed by atoms with van der Waals surface area (Å²) in [6.45, 7) is 16.7. The number of hydrogen-bond acceptors (Lipinski definition) is 6. The number of fused-ring (bicyclic) bond motifs is 5. The van der Waals surface area contributed by atoms with Gasteiger partial charge in [0.15, 0.2) is 6.29 Å². The quantitative estimate of drug-likeness (QED) is 0.277. The molecule has 6 nitrogen and oxygen atoms in total. The van der Waals surface area contributed by atoms with Crippen molar-refractivity contribution in [2.45, 2.75) is 143 Å². The molecule has 41 heavy (non-hydrogen) atoms. The first-order chi connectivity index (χ1) is 19.3. The summed E-state index contributed by atoms with van der Waals surface area (Å²) >= 11 is 0. The molecule has 5 rings (SSSR count). The van der Waals surface area contributed by atoms with Crippen molar-refractivity contribution in [3.8, 4) is 0 Å². The number of aliphatic hydroxyl groups excluding tert-OH is 4. The van der Waals surface area contributed by atoms with E-state index < -0.39 is 37.3 Å². The van der Waals surface area contributed by atoms with Crippen LogP contribution in [-0.2, 0) is 9.47 Å². The van der Waals surface area contributed by atoms with Gasteiger partial charge in [-0.05, 0) is 103 Å². The molecule has 6 heteroatoms. The molecule has 4 N–H and O–H groups in total. The molecule has 1 heterocycles. The Morgan fingerprint density at radius 3 is 2.27 bits per heavy atom. The highest BCUT2D eigenvalue weighted by Crippen LogP contribution is 2.67. The van der Waals surface area contributed by atoms with Crippen molar-refractivity contribution in [3.05, 3.63) is 11.6 Å². The van der Waals surface area contributed by atoms with Crippen LogP contribution in [0.1, 0.15) is 106 Å². The van der Waals surface area contributed by atoms with Crippen LogP contribution in [0.15, 0.2) is 11.6 Å². The first kappa shape index (κ1) is 31.9. The third-order valence-corrected chi connectivity index (χ3v) is 13.7. The number of aliphatic hydroxyl groups is 4. The van der Waals surface area contributed by atoms with Gasteiger partial charge in [-0.1, -0.05) is 73.0 Å². The molecule has 0 amide bonds. The third-order valence-electron chi connectivity index (χ3n) is 13.7. The minimum absolute atomic E-state index is 0.0942. The molecule has 3 saturated carbocycles. The molecule has 0 aromatic carbocycles. The maximum absolute atomic E-state index is 10.6. The molecule has 2 unspecified atom stereocenters. The Morgan fingerprint density at radius 1 is 0.902 bits per heavy atom. The standard InChI is InChI=1S/C35H60O6/c1-19(2)20(3)8-9-21(4)24-12-13-26-23-10-11-25-22(5)28(15-17-35(25,7)27(23)14-16-34(24,26)6)40-33-32(39)31(38)30(37)29(18-36)41-33/h10,19-22,24-33,36-39H,8-9,11-18H2,1-7H3/t20-,21+,22?,24+,25-,26-,27-,28?,29+,30+,31-,32+,33+,34+,35-/m0/s1. The van der Waals surface area contributed by atoms with Gasteiger partial charge >= 0.3 is 0 Å². The van der Waals surface area contributed by atoms with Crippen LogP contribution in [0.4, 0.5) is 0 Å². The second-order valence-corrected chi connectivity index (χ2v) is 15.9. The first-order valence-electron chi connectivity index (χ1n) is 17.0. The van der Waals surface area contributed by atoms with Crippen LogP contribution in [-0.4, -0.2) is 63.8 Å². The zero-order valence-corrected chi connectivity index (χ0v) is 26.8. The van der Waals surface area contributed by atoms with E-state index in [2.05, 4.69) is 54.5 Å². The van der Waals surface area contributed by atoms with Crippen molar-refractivity contribution in [1.29, 1.82) is 0 Å². The van der Waals surface area contributed by atoms with E-state index in [1.807, 2.05) is 0 Å². The van der Waals surface area contributed by atoms with Gasteiger partial charge in [-0.3, -0.25) is 0 Å². The van der Waals surface area contributed by atoms with Gasteiger partial charge in [0.1, 0.15) is 24.4 Å². The van der Waals surface area contributed by atoms with Gasteiger partial charge in [0.05, 0.1) is 12.7 Å². The molecular formula is C35H60O6. The van der Waals surface area contributed by atoms with E-state index >= 15 is 0 Å². The van der Waals surface area contributed by atoms with E-state index in [4.69, 9.17) is 9.47 Å². The fourth-order valence-electron chi connectivity index (χ4n) is 10.5. The Kier molecular flexibility index (Phi) is 9.43. The largest absolute Gasteiger partial charge is 0.394 e. The summed E-state index contributed by atoms with van der Waals surface area (Å²) in [5.41, 5.74) is 2.46. The summed E-state index contributed by atoms with van der Waals surface area (Å²) in [6.07, 6.45) is 7.61. The van der Waals surface area contributed by atoms with Gasteiger partial charge in [0.25, 0.3) is 0 Å². The molecule has 5 aliphatic rings. The van der Waals surface area contributed by atoms with Crippen LogP contribution < -0.4 is 0 Å². The second-order valence-electron chi connectivity index (χ2n) is 15.9. The van der Waals surface area contributed by atoms with Gasteiger partial charge in [-0.25, -0.2) is 0 Å². The molecule has 0 bridgehead atoms. The monoisotopic (exact) mass is 576 g/mol. The second kappa shape index (κ2) is 12.1. The first-order valence-corrected chi connectivity index (χ1v) is 17.0. The van der Waals surface area contributed by atoms with Gasteiger partial charge in [0, 0.05) is 0 Å². The van der Waals surface area contributed by atoms with Crippen LogP contribution in [0, 0.1) is 58.2 Å². The summed E-state index contributed by atoms with van der Waals surface area (Å²) in [7, 11) is 0. The number of rotatable bonds is 8. The molecule has 4 fully saturated rings. The van der Waals surface area contributed by atoms with Crippen molar-refractivity contribution in [2.75, 3.05) is 6.61 Å². The van der Waals surface area contributed by atoms with Crippen LogP contribution in [0.3, 0.4) is 0 Å². The van der Waals surface area contributed by atoms with Gasteiger partial charge < -0.3 is 29.9 Å². The molecule has 1 aliphatic heterocycles. The highest BCUT2D eigenvalue weighted by Gasteiger charge is 2.59. The van der Waals surface area contributed by atoms with Crippen molar-refractivity contribution in [1.82, 2.24) is 0 Å². The summed E-state index contributed by atoms with van der Waals surface area (Å²) < 4.78 is 12.1. The van der Waals surface area contributed by atoms with Crippen LogP contribution >= 0.6 is 0 Å². The molecule has 0 aromatic heterocycles.